The molecule has 2 heterocycles. The molecule has 6 nitrogen and oxygen atoms in total. The van der Waals surface area contributed by atoms with Crippen molar-refractivity contribution in [3.8, 4) is 5.75 Å². The second-order valence-corrected chi connectivity index (χ2v) is 5.84. The van der Waals surface area contributed by atoms with Crippen LogP contribution in [0.1, 0.15) is 17.5 Å². The van der Waals surface area contributed by atoms with E-state index in [4.69, 9.17) is 4.74 Å². The van der Waals surface area contributed by atoms with Gasteiger partial charge in [0.2, 0.25) is 0 Å². The summed E-state index contributed by atoms with van der Waals surface area (Å²) in [4.78, 5) is 6.30. The van der Waals surface area contributed by atoms with Crippen LogP contribution in [-0.4, -0.2) is 52.5 Å². The van der Waals surface area contributed by atoms with Crippen molar-refractivity contribution in [2.24, 2.45) is 0 Å². The molecule has 7 heteroatoms. The Morgan fingerprint density at radius 1 is 1.38 bits per heavy atom. The van der Waals surface area contributed by atoms with Crippen molar-refractivity contribution in [1.29, 1.82) is 0 Å². The van der Waals surface area contributed by atoms with Crippen LogP contribution in [0.5, 0.6) is 5.75 Å². The SMILES string of the molecule is COc1cnn(CCN(C)C)c1C(O)c1ccc(Br)cn1. The molecule has 0 saturated carbocycles. The number of aromatic nitrogens is 3. The van der Waals surface area contributed by atoms with Crippen LogP contribution in [0.25, 0.3) is 0 Å². The lowest BCUT2D eigenvalue weighted by Gasteiger charge is -2.16. The first-order chi connectivity index (χ1) is 10.0. The van der Waals surface area contributed by atoms with E-state index in [0.717, 1.165) is 11.0 Å². The van der Waals surface area contributed by atoms with E-state index in [1.165, 1.54) is 0 Å². The maximum absolute atomic E-state index is 10.6. The molecule has 1 atom stereocenters. The molecule has 0 spiro atoms. The largest absolute Gasteiger partial charge is 0.493 e. The zero-order chi connectivity index (χ0) is 15.4. The summed E-state index contributed by atoms with van der Waals surface area (Å²) < 4.78 is 7.93. The van der Waals surface area contributed by atoms with E-state index in [-0.39, 0.29) is 0 Å². The summed E-state index contributed by atoms with van der Waals surface area (Å²) in [5, 5.41) is 14.9. The van der Waals surface area contributed by atoms with E-state index in [0.29, 0.717) is 23.7 Å². The second kappa shape index (κ2) is 7.02. The van der Waals surface area contributed by atoms with Crippen LogP contribution >= 0.6 is 15.9 Å². The predicted octanol–water partition coefficient (Wildman–Crippen LogP) is 1.69. The number of aliphatic hydroxyl groups excluding tert-OH is 1. The first-order valence-corrected chi connectivity index (χ1v) is 7.36. The maximum atomic E-state index is 10.6. The maximum Gasteiger partial charge on any atom is 0.163 e. The lowest BCUT2D eigenvalue weighted by atomic mass is 10.1. The van der Waals surface area contributed by atoms with Gasteiger partial charge in [-0.25, -0.2) is 0 Å². The molecule has 1 unspecified atom stereocenters. The third kappa shape index (κ3) is 3.81. The molecule has 2 aromatic heterocycles. The Bertz CT molecular complexity index is 583. The van der Waals surface area contributed by atoms with Gasteiger partial charge in [-0.1, -0.05) is 0 Å². The van der Waals surface area contributed by atoms with Gasteiger partial charge in [-0.15, -0.1) is 0 Å². The Hall–Kier alpha value is -1.44. The quantitative estimate of drug-likeness (QED) is 0.855. The van der Waals surface area contributed by atoms with Gasteiger partial charge in [-0.05, 0) is 42.2 Å². The van der Waals surface area contributed by atoms with Crippen LogP contribution in [0, 0.1) is 0 Å². The summed E-state index contributed by atoms with van der Waals surface area (Å²) in [6.07, 6.45) is 2.40. The molecule has 0 aliphatic carbocycles. The molecule has 0 radical (unpaired) electrons. The van der Waals surface area contributed by atoms with Crippen LogP contribution in [0.2, 0.25) is 0 Å². The van der Waals surface area contributed by atoms with Crippen molar-refractivity contribution in [3.63, 3.8) is 0 Å². The first kappa shape index (κ1) is 15.9. The number of nitrogens with zero attached hydrogens (tertiary/aromatic N) is 4. The highest BCUT2D eigenvalue weighted by Crippen LogP contribution is 2.29. The van der Waals surface area contributed by atoms with Gasteiger partial charge in [-0.2, -0.15) is 5.10 Å². The van der Waals surface area contributed by atoms with Crippen LogP contribution in [0.4, 0.5) is 0 Å². The fraction of sp³-hybridized carbons (Fsp3) is 0.429. The number of halogens is 1. The van der Waals surface area contributed by atoms with Gasteiger partial charge in [0, 0.05) is 17.2 Å². The number of hydrogen-bond donors (Lipinski definition) is 1. The molecule has 114 valence electrons. The van der Waals surface area contributed by atoms with Crippen molar-refractivity contribution in [2.75, 3.05) is 27.7 Å². The molecule has 0 saturated heterocycles. The molecule has 0 aliphatic heterocycles. The Labute approximate surface area is 132 Å². The van der Waals surface area contributed by atoms with Gasteiger partial charge in [0.1, 0.15) is 11.8 Å². The number of ether oxygens (including phenoxy) is 1. The molecule has 21 heavy (non-hydrogen) atoms. The summed E-state index contributed by atoms with van der Waals surface area (Å²) in [7, 11) is 5.55. The number of hydrogen-bond acceptors (Lipinski definition) is 5. The monoisotopic (exact) mass is 354 g/mol. The van der Waals surface area contributed by atoms with E-state index in [1.54, 1.807) is 30.3 Å². The zero-order valence-electron chi connectivity index (χ0n) is 12.3. The minimum absolute atomic E-state index is 0.558. The van der Waals surface area contributed by atoms with E-state index >= 15 is 0 Å². The molecule has 0 aromatic carbocycles. The average Bonchev–Trinajstić information content (AvgIpc) is 2.88. The lowest BCUT2D eigenvalue weighted by Crippen LogP contribution is -2.21. The van der Waals surface area contributed by atoms with Gasteiger partial charge < -0.3 is 14.7 Å². The van der Waals surface area contributed by atoms with E-state index < -0.39 is 6.10 Å². The third-order valence-corrected chi connectivity index (χ3v) is 3.58. The number of likely N-dealkylation sites (N-methyl/N-ethyl adjacent to an activating group) is 1. The van der Waals surface area contributed by atoms with E-state index in [2.05, 4.69) is 30.9 Å². The van der Waals surface area contributed by atoms with Crippen molar-refractivity contribution >= 4 is 15.9 Å². The fourth-order valence-corrected chi connectivity index (χ4v) is 2.21. The zero-order valence-corrected chi connectivity index (χ0v) is 13.9. The summed E-state index contributed by atoms with van der Waals surface area (Å²) in [5.74, 6) is 0.561. The average molecular weight is 355 g/mol. The molecule has 2 rings (SSSR count). The Morgan fingerprint density at radius 2 is 2.14 bits per heavy atom. The second-order valence-electron chi connectivity index (χ2n) is 4.93. The lowest BCUT2D eigenvalue weighted by molar-refractivity contribution is 0.195. The van der Waals surface area contributed by atoms with Gasteiger partial charge in [0.05, 0.1) is 25.5 Å². The molecule has 0 fully saturated rings. The summed E-state index contributed by atoms with van der Waals surface area (Å²) in [6, 6.07) is 3.62. The Morgan fingerprint density at radius 3 is 2.71 bits per heavy atom. The smallest absolute Gasteiger partial charge is 0.163 e. The highest BCUT2D eigenvalue weighted by Gasteiger charge is 2.22. The molecular weight excluding hydrogens is 336 g/mol. The molecule has 0 aliphatic rings. The predicted molar refractivity (Wildman–Crippen MR) is 83.3 cm³/mol. The van der Waals surface area contributed by atoms with Gasteiger partial charge in [0.25, 0.3) is 0 Å². The van der Waals surface area contributed by atoms with Crippen LogP contribution in [-0.2, 0) is 6.54 Å². The van der Waals surface area contributed by atoms with Crippen molar-refractivity contribution in [3.05, 3.63) is 40.4 Å². The standard InChI is InChI=1S/C14H19BrN4O2/c1-18(2)6-7-19-13(12(21-3)9-17-19)14(20)11-5-4-10(15)8-16-11/h4-5,8-9,14,20H,6-7H2,1-3H3. The van der Waals surface area contributed by atoms with Crippen LogP contribution < -0.4 is 4.74 Å². The van der Waals surface area contributed by atoms with E-state index in [9.17, 15) is 5.11 Å². The summed E-state index contributed by atoms with van der Waals surface area (Å²) in [5.41, 5.74) is 1.18. The van der Waals surface area contributed by atoms with Crippen LogP contribution in [0.3, 0.4) is 0 Å². The number of aliphatic hydroxyl groups is 1. The Balaban J connectivity index is 2.31. The minimum Gasteiger partial charge on any atom is -0.493 e. The van der Waals surface area contributed by atoms with Crippen molar-refractivity contribution in [2.45, 2.75) is 12.6 Å². The van der Waals surface area contributed by atoms with Gasteiger partial charge >= 0.3 is 0 Å². The first-order valence-electron chi connectivity index (χ1n) is 6.57. The third-order valence-electron chi connectivity index (χ3n) is 3.11. The molecule has 0 amide bonds. The fourth-order valence-electron chi connectivity index (χ4n) is 1.97. The van der Waals surface area contributed by atoms with Gasteiger partial charge in [0.15, 0.2) is 5.75 Å². The normalized spacial score (nSPS) is 12.7. The number of pyridine rings is 1. The molecular formula is C14H19BrN4O2. The number of methoxy groups -OCH3 is 1. The molecule has 2 aromatic rings. The Kier molecular flexibility index (Phi) is 5.33. The van der Waals surface area contributed by atoms with Gasteiger partial charge in [-0.3, -0.25) is 9.67 Å². The van der Waals surface area contributed by atoms with Crippen LogP contribution in [0.15, 0.2) is 29.0 Å². The summed E-state index contributed by atoms with van der Waals surface area (Å²) in [6.45, 7) is 1.48. The highest BCUT2D eigenvalue weighted by atomic mass is 79.9. The highest BCUT2D eigenvalue weighted by molar-refractivity contribution is 9.10. The van der Waals surface area contributed by atoms with Crippen molar-refractivity contribution in [1.82, 2.24) is 19.7 Å². The summed E-state index contributed by atoms with van der Waals surface area (Å²) >= 11 is 3.33. The number of rotatable bonds is 6. The molecule has 1 N–H and O–H groups in total. The van der Waals surface area contributed by atoms with E-state index in [1.807, 2.05) is 20.2 Å². The minimum atomic E-state index is -0.877. The van der Waals surface area contributed by atoms with Crippen molar-refractivity contribution < 1.29 is 9.84 Å². The topological polar surface area (TPSA) is 63.4 Å². The molecule has 0 bridgehead atoms.